The van der Waals surface area contributed by atoms with Gasteiger partial charge in [-0.2, -0.15) is 0 Å². The minimum absolute atomic E-state index is 0.221. The zero-order chi connectivity index (χ0) is 31.1. The average molecular weight is 610 g/mol. The Balaban J connectivity index is 1.30. The molecule has 0 bridgehead atoms. The highest BCUT2D eigenvalue weighted by Gasteiger charge is 2.22. The molecule has 5 rings (SSSR count). The molecule has 1 aliphatic heterocycles. The zero-order valence-corrected chi connectivity index (χ0v) is 25.8. The summed E-state index contributed by atoms with van der Waals surface area (Å²) in [6, 6.07) is 21.5. The van der Waals surface area contributed by atoms with Gasteiger partial charge in [0.1, 0.15) is 37.4 Å². The Morgan fingerprint density at radius 3 is 1.69 bits per heavy atom. The molecule has 0 spiro atoms. The largest absolute Gasteiger partial charge is 0.496 e. The van der Waals surface area contributed by atoms with E-state index in [9.17, 15) is 0 Å². The molecule has 1 fully saturated rings. The van der Waals surface area contributed by atoms with Crippen molar-refractivity contribution in [2.75, 3.05) is 53.9 Å². The van der Waals surface area contributed by atoms with E-state index >= 15 is 0 Å². The summed E-state index contributed by atoms with van der Waals surface area (Å²) in [7, 11) is 3.32. The van der Waals surface area contributed by atoms with Crippen LogP contribution in [0.2, 0.25) is 0 Å². The first-order chi connectivity index (χ1) is 22.2. The number of rotatable bonds is 17. The molecule has 1 saturated heterocycles. The second-order valence-electron chi connectivity index (χ2n) is 10.4. The van der Waals surface area contributed by atoms with Crippen LogP contribution in [0, 0.1) is 0 Å². The number of benzene rings is 3. The summed E-state index contributed by atoms with van der Waals surface area (Å²) >= 11 is 0. The maximum absolute atomic E-state index is 5.74. The van der Waals surface area contributed by atoms with E-state index in [1.54, 1.807) is 14.2 Å². The highest BCUT2D eigenvalue weighted by atomic mass is 16.6. The summed E-state index contributed by atoms with van der Waals surface area (Å²) in [6.45, 7) is 3.51. The van der Waals surface area contributed by atoms with Crippen molar-refractivity contribution in [1.82, 2.24) is 0 Å². The molecule has 45 heavy (non-hydrogen) atoms. The molecule has 1 heterocycles. The van der Waals surface area contributed by atoms with Gasteiger partial charge in [-0.05, 0) is 102 Å². The van der Waals surface area contributed by atoms with E-state index in [-0.39, 0.29) is 6.10 Å². The van der Waals surface area contributed by atoms with Crippen LogP contribution in [0.1, 0.15) is 29.5 Å². The van der Waals surface area contributed by atoms with Gasteiger partial charge in [-0.1, -0.05) is 0 Å². The summed E-state index contributed by atoms with van der Waals surface area (Å²) in [6.07, 6.45) is 11.4. The number of hydrogen-bond donors (Lipinski definition) is 0. The lowest BCUT2D eigenvalue weighted by Gasteiger charge is -2.13. The lowest BCUT2D eigenvalue weighted by Crippen LogP contribution is -2.03. The zero-order valence-electron chi connectivity index (χ0n) is 25.8. The number of aliphatic imine (C=N–C) groups is 3. The van der Waals surface area contributed by atoms with Gasteiger partial charge in [-0.25, -0.2) is 0 Å². The fourth-order valence-corrected chi connectivity index (χ4v) is 4.33. The van der Waals surface area contributed by atoms with Crippen LogP contribution in [-0.4, -0.2) is 78.6 Å². The maximum atomic E-state index is 5.74. The van der Waals surface area contributed by atoms with Crippen molar-refractivity contribution in [3.05, 3.63) is 107 Å². The summed E-state index contributed by atoms with van der Waals surface area (Å²) < 4.78 is 32.4. The molecule has 9 heteroatoms. The molecule has 1 aliphatic carbocycles. The summed E-state index contributed by atoms with van der Waals surface area (Å²) in [5.41, 5.74) is 5.45. The van der Waals surface area contributed by atoms with E-state index in [1.165, 1.54) is 0 Å². The first kappa shape index (κ1) is 31.8. The normalized spacial score (nSPS) is 16.3. The quantitative estimate of drug-likeness (QED) is 0.0968. The van der Waals surface area contributed by atoms with Crippen LogP contribution in [0.5, 0.6) is 11.5 Å². The van der Waals surface area contributed by atoms with Crippen molar-refractivity contribution in [2.24, 2.45) is 15.0 Å². The molecule has 9 nitrogen and oxygen atoms in total. The first-order valence-electron chi connectivity index (χ1n) is 15.0. The number of methoxy groups -OCH3 is 2. The van der Waals surface area contributed by atoms with Gasteiger partial charge >= 0.3 is 0 Å². The van der Waals surface area contributed by atoms with E-state index in [0.717, 1.165) is 70.5 Å². The molecular weight excluding hydrogens is 570 g/mol. The third-order valence-corrected chi connectivity index (χ3v) is 6.84. The highest BCUT2D eigenvalue weighted by Crippen LogP contribution is 2.22. The lowest BCUT2D eigenvalue weighted by molar-refractivity contribution is 0.106. The van der Waals surface area contributed by atoms with Crippen molar-refractivity contribution in [2.45, 2.75) is 18.9 Å². The first-order valence-corrected chi connectivity index (χ1v) is 15.0. The Bertz CT molecular complexity index is 1520. The Hall–Kier alpha value is -4.57. The van der Waals surface area contributed by atoms with Gasteiger partial charge in [0.05, 0.1) is 37.0 Å². The molecule has 0 amide bonds. The van der Waals surface area contributed by atoms with Gasteiger partial charge in [0, 0.05) is 45.0 Å². The van der Waals surface area contributed by atoms with Crippen molar-refractivity contribution in [3.63, 3.8) is 0 Å². The molecule has 0 saturated carbocycles. The van der Waals surface area contributed by atoms with Crippen LogP contribution in [0.15, 0.2) is 105 Å². The monoisotopic (exact) mass is 609 g/mol. The number of nitrogens with zero attached hydrogens (tertiary/aromatic N) is 3. The molecule has 3 aromatic rings. The summed E-state index contributed by atoms with van der Waals surface area (Å²) in [4.78, 5) is 14.1. The van der Waals surface area contributed by atoms with Crippen LogP contribution in [0.3, 0.4) is 0 Å². The van der Waals surface area contributed by atoms with Crippen molar-refractivity contribution < 1.29 is 28.4 Å². The molecule has 3 aromatic carbocycles. The Morgan fingerprint density at radius 1 is 0.644 bits per heavy atom. The predicted octanol–water partition coefficient (Wildman–Crippen LogP) is 6.63. The fraction of sp³-hybridized carbons (Fsp3) is 0.306. The second-order valence-corrected chi connectivity index (χ2v) is 10.4. The third kappa shape index (κ3) is 11.1. The van der Waals surface area contributed by atoms with Gasteiger partial charge in [0.25, 0.3) is 0 Å². The maximum Gasteiger partial charge on any atom is 0.119 e. The molecule has 0 N–H and O–H groups in total. The minimum atomic E-state index is 0.221. The van der Waals surface area contributed by atoms with E-state index in [1.807, 2.05) is 85.4 Å². The third-order valence-electron chi connectivity index (χ3n) is 6.84. The van der Waals surface area contributed by atoms with Crippen molar-refractivity contribution in [3.8, 4) is 11.5 Å². The van der Waals surface area contributed by atoms with E-state index in [4.69, 9.17) is 38.4 Å². The minimum Gasteiger partial charge on any atom is -0.496 e. The van der Waals surface area contributed by atoms with Gasteiger partial charge in [0.2, 0.25) is 0 Å². The predicted molar refractivity (Wildman–Crippen MR) is 177 cm³/mol. The molecule has 2 aliphatic rings. The number of allylic oxidation sites excluding steroid dienone is 4. The molecule has 1 unspecified atom stereocenters. The van der Waals surface area contributed by atoms with Crippen molar-refractivity contribution in [1.29, 1.82) is 0 Å². The van der Waals surface area contributed by atoms with E-state index in [2.05, 4.69) is 17.1 Å². The van der Waals surface area contributed by atoms with Crippen LogP contribution in [0.4, 0.5) is 11.4 Å². The van der Waals surface area contributed by atoms with Gasteiger partial charge < -0.3 is 28.4 Å². The van der Waals surface area contributed by atoms with Gasteiger partial charge in [-0.15, -0.1) is 0 Å². The van der Waals surface area contributed by atoms with Crippen LogP contribution in [-0.2, 0) is 18.9 Å². The van der Waals surface area contributed by atoms with E-state index in [0.29, 0.717) is 33.0 Å². The number of ether oxygens (including phenoxy) is 6. The van der Waals surface area contributed by atoms with Gasteiger partial charge in [0.15, 0.2) is 0 Å². The Labute approximate surface area is 264 Å². The van der Waals surface area contributed by atoms with Crippen LogP contribution < -0.4 is 9.47 Å². The standard InChI is InChI=1S/C36H39N3O6/c1-40-15-17-42-33-9-3-30(4-10-33)37-22-27-19-28(23-38-31-5-11-34(12-6-31)43-18-16-41-2)21-29(20-27)24-39-32-7-13-35(14-8-32)44-25-36-26-45-36/h3-5,7-11,13-14,19-24,36H,6,12,15-18,25-26H2,1-2H3. The summed E-state index contributed by atoms with van der Waals surface area (Å²) in [5, 5.41) is 0. The molecular formula is C36H39N3O6. The second kappa shape index (κ2) is 17.1. The molecule has 1 atom stereocenters. The van der Waals surface area contributed by atoms with E-state index < -0.39 is 0 Å². The number of epoxide rings is 1. The number of hydrogen-bond acceptors (Lipinski definition) is 9. The Kier molecular flexibility index (Phi) is 12.1. The summed E-state index contributed by atoms with van der Waals surface area (Å²) in [5.74, 6) is 2.53. The molecule has 0 radical (unpaired) electrons. The van der Waals surface area contributed by atoms with Gasteiger partial charge in [-0.3, -0.25) is 15.0 Å². The highest BCUT2D eigenvalue weighted by molar-refractivity contribution is 5.93. The topological polar surface area (TPSA) is 95.8 Å². The molecule has 234 valence electrons. The fourth-order valence-electron chi connectivity index (χ4n) is 4.33. The van der Waals surface area contributed by atoms with Crippen LogP contribution >= 0.6 is 0 Å². The van der Waals surface area contributed by atoms with Crippen LogP contribution in [0.25, 0.3) is 0 Å². The van der Waals surface area contributed by atoms with Crippen molar-refractivity contribution >= 4 is 30.0 Å². The molecule has 0 aromatic heterocycles. The SMILES string of the molecule is COCCOC1=CC=C(N=Cc2cc(C=Nc3ccc(OCCOC)cc3)cc(C=Nc3ccc(OCC4CO4)cc3)c2)CC1. The lowest BCUT2D eigenvalue weighted by atomic mass is 10.1. The Morgan fingerprint density at radius 2 is 1.18 bits per heavy atom. The smallest absolute Gasteiger partial charge is 0.119 e. The average Bonchev–Trinajstić information content (AvgIpc) is 3.91.